The molecule has 3 rings (SSSR count). The lowest BCUT2D eigenvalue weighted by atomic mass is 9.89. The number of Topliss-reactive ketones (excluding diaryl/α,β-unsaturated/α-hetero) is 1. The Labute approximate surface area is 104 Å². The molecule has 3 heteroatoms. The minimum atomic E-state index is 0.0177. The van der Waals surface area contributed by atoms with Gasteiger partial charge in [0.25, 0.3) is 0 Å². The Morgan fingerprint density at radius 3 is 2.35 bits per heavy atom. The predicted molar refractivity (Wildman–Crippen MR) is 65.9 cm³/mol. The van der Waals surface area contributed by atoms with Crippen molar-refractivity contribution in [3.05, 3.63) is 0 Å². The highest BCUT2D eigenvalue weighted by Crippen LogP contribution is 2.39. The van der Waals surface area contributed by atoms with Gasteiger partial charge in [0, 0.05) is 37.6 Å². The molecular weight excluding hydrogens is 214 g/mol. The molecule has 3 atom stereocenters. The van der Waals surface area contributed by atoms with Gasteiger partial charge in [-0.05, 0) is 39.5 Å². The van der Waals surface area contributed by atoms with Crippen LogP contribution < -0.4 is 0 Å². The Bertz CT molecular complexity index is 310. The Morgan fingerprint density at radius 1 is 1.12 bits per heavy atom. The van der Waals surface area contributed by atoms with Crippen molar-refractivity contribution in [1.82, 2.24) is 4.90 Å². The van der Waals surface area contributed by atoms with Crippen LogP contribution in [0.3, 0.4) is 0 Å². The number of rotatable bonds is 1. The summed E-state index contributed by atoms with van der Waals surface area (Å²) in [7, 11) is 0. The van der Waals surface area contributed by atoms with Crippen molar-refractivity contribution in [2.75, 3.05) is 6.61 Å². The van der Waals surface area contributed by atoms with Crippen molar-refractivity contribution >= 4 is 5.78 Å². The number of hydrogen-bond acceptors (Lipinski definition) is 3. The van der Waals surface area contributed by atoms with Crippen LogP contribution in [-0.4, -0.2) is 41.0 Å². The molecule has 0 aromatic rings. The minimum absolute atomic E-state index is 0.0177. The average molecular weight is 237 g/mol. The Hall–Kier alpha value is -0.410. The van der Waals surface area contributed by atoms with Crippen molar-refractivity contribution in [3.63, 3.8) is 0 Å². The molecule has 3 heterocycles. The third-order valence-corrected chi connectivity index (χ3v) is 4.70. The van der Waals surface area contributed by atoms with Crippen LogP contribution in [-0.2, 0) is 9.53 Å². The van der Waals surface area contributed by atoms with Gasteiger partial charge in [-0.25, -0.2) is 0 Å². The first-order chi connectivity index (χ1) is 8.05. The molecule has 2 bridgehead atoms. The normalized spacial score (nSPS) is 41.8. The molecule has 3 aliphatic heterocycles. The molecule has 0 aliphatic carbocycles. The molecule has 3 unspecified atom stereocenters. The van der Waals surface area contributed by atoms with Crippen LogP contribution in [0.2, 0.25) is 0 Å². The van der Waals surface area contributed by atoms with E-state index in [4.69, 9.17) is 4.74 Å². The fourth-order valence-corrected chi connectivity index (χ4v) is 4.06. The summed E-state index contributed by atoms with van der Waals surface area (Å²) in [6, 6.07) is 1.73. The molecule has 0 radical (unpaired) electrons. The van der Waals surface area contributed by atoms with Gasteiger partial charge in [-0.3, -0.25) is 9.69 Å². The van der Waals surface area contributed by atoms with E-state index in [-0.39, 0.29) is 5.60 Å². The summed E-state index contributed by atoms with van der Waals surface area (Å²) in [6.45, 7) is 5.26. The maximum atomic E-state index is 11.6. The lowest BCUT2D eigenvalue weighted by molar-refractivity contribution is -0.128. The van der Waals surface area contributed by atoms with Gasteiger partial charge >= 0.3 is 0 Å². The topological polar surface area (TPSA) is 29.5 Å². The summed E-state index contributed by atoms with van der Waals surface area (Å²) < 4.78 is 5.80. The zero-order chi connectivity index (χ0) is 12.0. The van der Waals surface area contributed by atoms with Gasteiger partial charge in [0.05, 0.1) is 5.60 Å². The van der Waals surface area contributed by atoms with Crippen LogP contribution in [0.4, 0.5) is 0 Å². The monoisotopic (exact) mass is 237 g/mol. The van der Waals surface area contributed by atoms with Gasteiger partial charge in [-0.2, -0.15) is 0 Å². The van der Waals surface area contributed by atoms with E-state index < -0.39 is 0 Å². The molecule has 3 fully saturated rings. The summed E-state index contributed by atoms with van der Waals surface area (Å²) in [5.74, 6) is 0.486. The second kappa shape index (κ2) is 4.06. The molecular formula is C14H23NO2. The second-order valence-electron chi connectivity index (χ2n) is 6.53. The van der Waals surface area contributed by atoms with E-state index in [1.54, 1.807) is 0 Å². The van der Waals surface area contributed by atoms with Crippen LogP contribution in [0.1, 0.15) is 52.4 Å². The molecule has 0 aromatic heterocycles. The summed E-state index contributed by atoms with van der Waals surface area (Å²) in [4.78, 5) is 14.3. The van der Waals surface area contributed by atoms with E-state index in [0.29, 0.717) is 23.9 Å². The molecule has 0 spiro atoms. The zero-order valence-corrected chi connectivity index (χ0v) is 10.9. The van der Waals surface area contributed by atoms with Crippen molar-refractivity contribution in [2.24, 2.45) is 0 Å². The zero-order valence-electron chi connectivity index (χ0n) is 10.9. The molecule has 17 heavy (non-hydrogen) atoms. The SMILES string of the molecule is CC1(C)CC(N2C3CCC2CC(=O)C3)CCO1. The number of piperidine rings is 1. The minimum Gasteiger partial charge on any atom is -0.375 e. The van der Waals surface area contributed by atoms with E-state index in [1.165, 1.54) is 12.8 Å². The van der Waals surface area contributed by atoms with Gasteiger partial charge in [-0.1, -0.05) is 0 Å². The smallest absolute Gasteiger partial charge is 0.136 e. The van der Waals surface area contributed by atoms with Gasteiger partial charge < -0.3 is 4.74 Å². The van der Waals surface area contributed by atoms with E-state index in [1.807, 2.05) is 0 Å². The molecule has 0 saturated carbocycles. The van der Waals surface area contributed by atoms with Crippen molar-refractivity contribution in [1.29, 1.82) is 0 Å². The number of carbonyl (C=O) groups is 1. The maximum Gasteiger partial charge on any atom is 0.136 e. The molecule has 3 aliphatic rings. The highest BCUT2D eigenvalue weighted by atomic mass is 16.5. The lowest BCUT2D eigenvalue weighted by Crippen LogP contribution is -2.53. The van der Waals surface area contributed by atoms with Crippen LogP contribution in [0.15, 0.2) is 0 Å². The highest BCUT2D eigenvalue weighted by Gasteiger charge is 2.45. The number of fused-ring (bicyclic) bond motifs is 2. The molecule has 3 saturated heterocycles. The van der Waals surface area contributed by atoms with E-state index in [0.717, 1.165) is 32.3 Å². The summed E-state index contributed by atoms with van der Waals surface area (Å²) in [5.41, 5.74) is 0.0177. The fraction of sp³-hybridized carbons (Fsp3) is 0.929. The van der Waals surface area contributed by atoms with Gasteiger partial charge in [-0.15, -0.1) is 0 Å². The average Bonchev–Trinajstić information content (AvgIpc) is 2.50. The fourth-order valence-electron chi connectivity index (χ4n) is 4.06. The van der Waals surface area contributed by atoms with Crippen molar-refractivity contribution in [2.45, 2.75) is 76.1 Å². The Balaban J connectivity index is 1.74. The first-order valence-electron chi connectivity index (χ1n) is 6.98. The quantitative estimate of drug-likeness (QED) is 0.700. The maximum absolute atomic E-state index is 11.6. The van der Waals surface area contributed by atoms with Crippen molar-refractivity contribution < 1.29 is 9.53 Å². The molecule has 0 amide bonds. The number of carbonyl (C=O) groups excluding carboxylic acids is 1. The van der Waals surface area contributed by atoms with E-state index >= 15 is 0 Å². The Kier molecular flexibility index (Phi) is 2.79. The number of hydrogen-bond donors (Lipinski definition) is 0. The summed E-state index contributed by atoms with van der Waals surface area (Å²) in [5, 5.41) is 0. The predicted octanol–water partition coefficient (Wildman–Crippen LogP) is 2.14. The number of ether oxygens (including phenoxy) is 1. The van der Waals surface area contributed by atoms with Crippen LogP contribution >= 0.6 is 0 Å². The lowest BCUT2D eigenvalue weighted by Gasteiger charge is -2.46. The number of nitrogens with zero attached hydrogens (tertiary/aromatic N) is 1. The largest absolute Gasteiger partial charge is 0.375 e. The van der Waals surface area contributed by atoms with Crippen LogP contribution in [0.25, 0.3) is 0 Å². The third kappa shape index (κ3) is 2.15. The number of ketones is 1. The Morgan fingerprint density at radius 2 is 1.76 bits per heavy atom. The molecule has 3 nitrogen and oxygen atoms in total. The van der Waals surface area contributed by atoms with E-state index in [9.17, 15) is 4.79 Å². The van der Waals surface area contributed by atoms with Crippen molar-refractivity contribution in [3.8, 4) is 0 Å². The standard InChI is InChI=1S/C14H23NO2/c1-14(2)9-12(5-6-17-14)15-10-3-4-11(15)8-13(16)7-10/h10-12H,3-9H2,1-2H3. The van der Waals surface area contributed by atoms with Gasteiger partial charge in [0.1, 0.15) is 5.78 Å². The second-order valence-corrected chi connectivity index (χ2v) is 6.53. The van der Waals surface area contributed by atoms with Crippen LogP contribution in [0.5, 0.6) is 0 Å². The summed E-state index contributed by atoms with van der Waals surface area (Å²) in [6.07, 6.45) is 6.32. The van der Waals surface area contributed by atoms with Crippen LogP contribution in [0, 0.1) is 0 Å². The molecule has 96 valence electrons. The van der Waals surface area contributed by atoms with Gasteiger partial charge in [0.2, 0.25) is 0 Å². The first kappa shape index (κ1) is 11.7. The highest BCUT2D eigenvalue weighted by molar-refractivity contribution is 5.81. The van der Waals surface area contributed by atoms with Gasteiger partial charge in [0.15, 0.2) is 0 Å². The first-order valence-corrected chi connectivity index (χ1v) is 6.98. The summed E-state index contributed by atoms with van der Waals surface area (Å²) >= 11 is 0. The van der Waals surface area contributed by atoms with E-state index in [2.05, 4.69) is 18.7 Å². The third-order valence-electron chi connectivity index (χ3n) is 4.70. The molecule has 0 aromatic carbocycles. The molecule has 0 N–H and O–H groups in total.